The number of piperidine rings is 1. The van der Waals surface area contributed by atoms with Crippen LogP contribution in [0.3, 0.4) is 0 Å². The van der Waals surface area contributed by atoms with Crippen LogP contribution in [0.5, 0.6) is 5.75 Å². The number of benzene rings is 1. The quantitative estimate of drug-likeness (QED) is 0.597. The van der Waals surface area contributed by atoms with Crippen LogP contribution in [-0.2, 0) is 16.1 Å². The number of pyridine rings is 1. The van der Waals surface area contributed by atoms with E-state index in [1.54, 1.807) is 0 Å². The SMILES string of the molecule is O=C(CC1CC2(CCN(Cc3cccnc3)CC2)Oc2ccccc21)NC1CCC1.O=C(O)C(F)(F)F. The molecule has 7 nitrogen and oxygen atoms in total. The summed E-state index contributed by atoms with van der Waals surface area (Å²) in [6, 6.07) is 12.9. The van der Waals surface area contributed by atoms with Crippen LogP contribution >= 0.6 is 0 Å². The van der Waals surface area contributed by atoms with E-state index in [2.05, 4.69) is 39.5 Å². The van der Waals surface area contributed by atoms with E-state index in [0.29, 0.717) is 12.5 Å². The Balaban J connectivity index is 0.000000405. The van der Waals surface area contributed by atoms with Crippen LogP contribution in [0.2, 0.25) is 0 Å². The van der Waals surface area contributed by atoms with E-state index in [1.807, 2.05) is 24.5 Å². The number of fused-ring (bicyclic) bond motifs is 1. The first kappa shape index (κ1) is 26.9. The van der Waals surface area contributed by atoms with Gasteiger partial charge in [-0.1, -0.05) is 24.3 Å². The number of ether oxygens (including phenoxy) is 1. The molecule has 1 saturated heterocycles. The molecule has 1 aromatic heterocycles. The largest absolute Gasteiger partial charge is 0.490 e. The lowest BCUT2D eigenvalue weighted by Gasteiger charge is -2.47. The van der Waals surface area contributed by atoms with Crippen LogP contribution in [0.1, 0.15) is 62.0 Å². The molecule has 1 spiro atoms. The lowest BCUT2D eigenvalue weighted by Crippen LogP contribution is -2.50. The third-order valence-electron chi connectivity index (χ3n) is 7.34. The first-order valence-electron chi connectivity index (χ1n) is 12.6. The summed E-state index contributed by atoms with van der Waals surface area (Å²) in [5, 5.41) is 10.4. The average molecular weight is 520 g/mol. The highest BCUT2D eigenvalue weighted by Gasteiger charge is 2.43. The maximum Gasteiger partial charge on any atom is 0.490 e. The van der Waals surface area contributed by atoms with Crippen molar-refractivity contribution in [3.8, 4) is 5.75 Å². The van der Waals surface area contributed by atoms with Crippen LogP contribution in [0.4, 0.5) is 13.2 Å². The normalized spacial score (nSPS) is 21.0. The Morgan fingerprint density at radius 3 is 2.43 bits per heavy atom. The van der Waals surface area contributed by atoms with E-state index in [9.17, 15) is 18.0 Å². The molecule has 0 bridgehead atoms. The highest BCUT2D eigenvalue weighted by Crippen LogP contribution is 2.46. The van der Waals surface area contributed by atoms with Gasteiger partial charge in [-0.25, -0.2) is 4.79 Å². The Morgan fingerprint density at radius 1 is 1.14 bits per heavy atom. The molecular weight excluding hydrogens is 487 g/mol. The smallest absolute Gasteiger partial charge is 0.487 e. The van der Waals surface area contributed by atoms with Crippen molar-refractivity contribution in [3.63, 3.8) is 0 Å². The molecule has 5 rings (SSSR count). The molecule has 37 heavy (non-hydrogen) atoms. The molecule has 1 saturated carbocycles. The second-order valence-electron chi connectivity index (χ2n) is 10.1. The number of carbonyl (C=O) groups excluding carboxylic acids is 1. The molecule has 2 aromatic rings. The second kappa shape index (κ2) is 11.5. The van der Waals surface area contributed by atoms with Crippen molar-refractivity contribution in [2.45, 2.75) is 75.2 Å². The average Bonchev–Trinajstić information content (AvgIpc) is 2.84. The Hall–Kier alpha value is -3.14. The summed E-state index contributed by atoms with van der Waals surface area (Å²) < 4.78 is 38.3. The maximum atomic E-state index is 12.7. The van der Waals surface area contributed by atoms with Gasteiger partial charge in [-0.15, -0.1) is 0 Å². The second-order valence-corrected chi connectivity index (χ2v) is 10.1. The Morgan fingerprint density at radius 2 is 1.84 bits per heavy atom. The molecule has 200 valence electrons. The number of carboxylic acids is 1. The number of alkyl halides is 3. The summed E-state index contributed by atoms with van der Waals surface area (Å²) in [4.78, 5) is 28.3. The van der Waals surface area contributed by atoms with Crippen LogP contribution in [0.25, 0.3) is 0 Å². The van der Waals surface area contributed by atoms with Crippen molar-refractivity contribution < 1.29 is 32.6 Å². The van der Waals surface area contributed by atoms with Crippen molar-refractivity contribution in [1.82, 2.24) is 15.2 Å². The fourth-order valence-corrected chi connectivity index (χ4v) is 5.16. The molecule has 1 aromatic carbocycles. The highest BCUT2D eigenvalue weighted by molar-refractivity contribution is 5.77. The summed E-state index contributed by atoms with van der Waals surface area (Å²) >= 11 is 0. The van der Waals surface area contributed by atoms with Gasteiger partial charge in [-0.2, -0.15) is 13.2 Å². The number of aromatic nitrogens is 1. The molecule has 10 heteroatoms. The number of aliphatic carboxylic acids is 1. The van der Waals surface area contributed by atoms with E-state index < -0.39 is 12.1 Å². The zero-order valence-electron chi connectivity index (χ0n) is 20.5. The molecule has 3 aliphatic rings. The van der Waals surface area contributed by atoms with E-state index >= 15 is 0 Å². The van der Waals surface area contributed by atoms with Gasteiger partial charge in [0.15, 0.2) is 0 Å². The highest BCUT2D eigenvalue weighted by atomic mass is 19.4. The third kappa shape index (κ3) is 7.21. The van der Waals surface area contributed by atoms with Crippen LogP contribution < -0.4 is 10.1 Å². The minimum atomic E-state index is -5.08. The number of hydrogen-bond acceptors (Lipinski definition) is 5. The van der Waals surface area contributed by atoms with Crippen molar-refractivity contribution >= 4 is 11.9 Å². The third-order valence-corrected chi connectivity index (χ3v) is 7.34. The van der Waals surface area contributed by atoms with Crippen molar-refractivity contribution in [1.29, 1.82) is 0 Å². The number of para-hydroxylation sites is 1. The van der Waals surface area contributed by atoms with Crippen molar-refractivity contribution in [2.75, 3.05) is 13.1 Å². The first-order chi connectivity index (χ1) is 17.6. The van der Waals surface area contributed by atoms with E-state index in [1.165, 1.54) is 17.5 Å². The Bertz CT molecular complexity index is 1070. The molecular formula is C27H32F3N3O4. The van der Waals surface area contributed by atoms with Gasteiger partial charge in [0, 0.05) is 50.4 Å². The lowest BCUT2D eigenvalue weighted by atomic mass is 9.76. The number of halogens is 3. The molecule has 0 radical (unpaired) electrons. The molecule has 1 unspecified atom stereocenters. The Labute approximate surface area is 214 Å². The Kier molecular flexibility index (Phi) is 8.36. The lowest BCUT2D eigenvalue weighted by molar-refractivity contribution is -0.192. The summed E-state index contributed by atoms with van der Waals surface area (Å²) in [6.45, 7) is 2.96. The molecule has 1 amide bonds. The molecule has 2 fully saturated rings. The van der Waals surface area contributed by atoms with Crippen LogP contribution in [0, 0.1) is 0 Å². The number of carboxylic acid groups (broad SMARTS) is 1. The van der Waals surface area contributed by atoms with Gasteiger partial charge in [0.2, 0.25) is 5.91 Å². The fraction of sp³-hybridized carbons (Fsp3) is 0.519. The van der Waals surface area contributed by atoms with Crippen LogP contribution in [-0.4, -0.2) is 57.8 Å². The summed E-state index contributed by atoms with van der Waals surface area (Å²) in [5.74, 6) is -1.34. The number of likely N-dealkylation sites (tertiary alicyclic amines) is 1. The maximum absolute atomic E-state index is 12.7. The van der Waals surface area contributed by atoms with Crippen molar-refractivity contribution in [2.24, 2.45) is 0 Å². The number of hydrogen-bond donors (Lipinski definition) is 2. The number of nitrogens with zero attached hydrogens (tertiary/aromatic N) is 2. The minimum Gasteiger partial charge on any atom is -0.487 e. The summed E-state index contributed by atoms with van der Waals surface area (Å²) in [7, 11) is 0. The van der Waals surface area contributed by atoms with Gasteiger partial charge >= 0.3 is 12.1 Å². The van der Waals surface area contributed by atoms with E-state index in [-0.39, 0.29) is 17.4 Å². The topological polar surface area (TPSA) is 91.8 Å². The minimum absolute atomic E-state index is 0.152. The van der Waals surface area contributed by atoms with Gasteiger partial charge in [0.05, 0.1) is 0 Å². The zero-order valence-corrected chi connectivity index (χ0v) is 20.5. The fourth-order valence-electron chi connectivity index (χ4n) is 5.16. The van der Waals surface area contributed by atoms with Gasteiger partial charge in [-0.05, 0) is 61.8 Å². The molecule has 2 N–H and O–H groups in total. The predicted molar refractivity (Wildman–Crippen MR) is 130 cm³/mol. The number of carbonyl (C=O) groups is 2. The first-order valence-corrected chi connectivity index (χ1v) is 12.6. The molecule has 1 atom stereocenters. The number of nitrogens with one attached hydrogen (secondary N) is 1. The molecule has 2 aliphatic heterocycles. The van der Waals surface area contributed by atoms with E-state index in [4.69, 9.17) is 14.6 Å². The number of rotatable bonds is 5. The number of amides is 1. The predicted octanol–water partition coefficient (Wildman–Crippen LogP) is 4.67. The van der Waals surface area contributed by atoms with Crippen LogP contribution in [0.15, 0.2) is 48.8 Å². The van der Waals surface area contributed by atoms with Gasteiger partial charge in [0.25, 0.3) is 0 Å². The standard InChI is InChI=1S/C25H31N3O2.C2HF3O2/c29-24(27-21-6-3-7-21)15-20-16-25(30-23-9-2-1-8-22(20)23)10-13-28(14-11-25)18-19-5-4-12-26-17-19;3-2(4,5)1(6)7/h1-2,4-5,8-9,12,17,20-21H,3,6-7,10-11,13-16,18H2,(H,27,29);(H,6,7). The molecule has 1 aliphatic carbocycles. The zero-order chi connectivity index (χ0) is 26.5. The van der Waals surface area contributed by atoms with Crippen molar-refractivity contribution in [3.05, 3.63) is 59.9 Å². The summed E-state index contributed by atoms with van der Waals surface area (Å²) in [5.41, 5.74) is 2.31. The molecule has 3 heterocycles. The van der Waals surface area contributed by atoms with Gasteiger partial charge < -0.3 is 15.2 Å². The van der Waals surface area contributed by atoms with E-state index in [0.717, 1.165) is 57.5 Å². The monoisotopic (exact) mass is 519 g/mol. The summed E-state index contributed by atoms with van der Waals surface area (Å²) in [6.07, 6.45) is 5.70. The van der Waals surface area contributed by atoms with Gasteiger partial charge in [0.1, 0.15) is 11.4 Å². The van der Waals surface area contributed by atoms with Gasteiger partial charge in [-0.3, -0.25) is 14.7 Å².